The SMILES string of the molecule is Cc1nc(N2CCSCC2)ccc1B1OC(C)(C)C(C)(C)O1. The lowest BCUT2D eigenvalue weighted by molar-refractivity contribution is 0.00578. The Morgan fingerprint density at radius 1 is 1.09 bits per heavy atom. The Hall–Kier alpha value is -0.715. The fourth-order valence-electron chi connectivity index (χ4n) is 2.75. The average molecular weight is 320 g/mol. The van der Waals surface area contributed by atoms with E-state index >= 15 is 0 Å². The predicted molar refractivity (Wildman–Crippen MR) is 94.2 cm³/mol. The molecular formula is C16H25BN2O2S. The third-order valence-corrected chi connectivity index (χ3v) is 5.90. The fraction of sp³-hybridized carbons (Fsp3) is 0.688. The molecular weight excluding hydrogens is 295 g/mol. The molecule has 3 heterocycles. The minimum Gasteiger partial charge on any atom is -0.399 e. The molecule has 2 fully saturated rings. The highest BCUT2D eigenvalue weighted by atomic mass is 32.2. The Morgan fingerprint density at radius 3 is 2.23 bits per heavy atom. The third-order valence-electron chi connectivity index (χ3n) is 4.95. The molecule has 2 aliphatic rings. The molecule has 6 heteroatoms. The highest BCUT2D eigenvalue weighted by molar-refractivity contribution is 7.99. The van der Waals surface area contributed by atoms with Crippen LogP contribution in [0.1, 0.15) is 33.4 Å². The summed E-state index contributed by atoms with van der Waals surface area (Å²) in [6, 6.07) is 4.21. The van der Waals surface area contributed by atoms with Gasteiger partial charge in [-0.05, 0) is 40.7 Å². The van der Waals surface area contributed by atoms with Crippen molar-refractivity contribution in [2.75, 3.05) is 29.5 Å². The summed E-state index contributed by atoms with van der Waals surface area (Å²) in [7, 11) is -0.330. The number of thioether (sulfide) groups is 1. The maximum atomic E-state index is 6.14. The number of aromatic nitrogens is 1. The molecule has 0 unspecified atom stereocenters. The molecule has 0 aliphatic carbocycles. The Morgan fingerprint density at radius 2 is 1.68 bits per heavy atom. The zero-order chi connectivity index (χ0) is 16.0. The maximum absolute atomic E-state index is 6.14. The van der Waals surface area contributed by atoms with Crippen LogP contribution in [-0.4, -0.2) is 47.9 Å². The van der Waals surface area contributed by atoms with E-state index < -0.39 is 0 Å². The second kappa shape index (κ2) is 5.73. The number of pyridine rings is 1. The Bertz CT molecular complexity index is 543. The molecule has 0 radical (unpaired) electrons. The van der Waals surface area contributed by atoms with Gasteiger partial charge in [0.2, 0.25) is 0 Å². The highest BCUT2D eigenvalue weighted by Crippen LogP contribution is 2.36. The first-order valence-electron chi connectivity index (χ1n) is 7.96. The molecule has 1 aromatic heterocycles. The van der Waals surface area contributed by atoms with Gasteiger partial charge in [0.15, 0.2) is 0 Å². The van der Waals surface area contributed by atoms with Crippen LogP contribution in [-0.2, 0) is 9.31 Å². The molecule has 2 saturated heterocycles. The second-order valence-corrected chi connectivity index (χ2v) is 8.26. The Balaban J connectivity index is 1.81. The summed E-state index contributed by atoms with van der Waals surface area (Å²) in [5.74, 6) is 3.43. The van der Waals surface area contributed by atoms with E-state index in [9.17, 15) is 0 Å². The molecule has 3 rings (SSSR count). The predicted octanol–water partition coefficient (Wildman–Crippen LogP) is 2.24. The van der Waals surface area contributed by atoms with Crippen LogP contribution in [0.2, 0.25) is 0 Å². The van der Waals surface area contributed by atoms with Crippen LogP contribution in [0.25, 0.3) is 0 Å². The minimum atomic E-state index is -0.330. The normalized spacial score (nSPS) is 23.9. The largest absolute Gasteiger partial charge is 0.496 e. The van der Waals surface area contributed by atoms with Crippen molar-refractivity contribution in [3.8, 4) is 0 Å². The minimum absolute atomic E-state index is 0.313. The molecule has 0 atom stereocenters. The van der Waals surface area contributed by atoms with E-state index in [4.69, 9.17) is 14.3 Å². The van der Waals surface area contributed by atoms with Crippen LogP contribution in [0, 0.1) is 6.92 Å². The number of hydrogen-bond donors (Lipinski definition) is 0. The van der Waals surface area contributed by atoms with Crippen molar-refractivity contribution in [3.63, 3.8) is 0 Å². The number of nitrogens with zero attached hydrogens (tertiary/aromatic N) is 2. The van der Waals surface area contributed by atoms with Crippen LogP contribution in [0.3, 0.4) is 0 Å². The van der Waals surface area contributed by atoms with Crippen molar-refractivity contribution in [2.24, 2.45) is 0 Å². The summed E-state index contributed by atoms with van der Waals surface area (Å²) >= 11 is 2.01. The first kappa shape index (κ1) is 16.2. The monoisotopic (exact) mass is 320 g/mol. The van der Waals surface area contributed by atoms with Crippen molar-refractivity contribution in [1.29, 1.82) is 0 Å². The van der Waals surface area contributed by atoms with Crippen molar-refractivity contribution in [3.05, 3.63) is 17.8 Å². The lowest BCUT2D eigenvalue weighted by Gasteiger charge is -2.32. The molecule has 0 aromatic carbocycles. The van der Waals surface area contributed by atoms with E-state index in [0.717, 1.165) is 30.1 Å². The van der Waals surface area contributed by atoms with Crippen LogP contribution in [0.5, 0.6) is 0 Å². The number of anilines is 1. The molecule has 4 nitrogen and oxygen atoms in total. The van der Waals surface area contributed by atoms with Gasteiger partial charge < -0.3 is 14.2 Å². The van der Waals surface area contributed by atoms with Gasteiger partial charge in [-0.2, -0.15) is 11.8 Å². The van der Waals surface area contributed by atoms with Gasteiger partial charge in [0.1, 0.15) is 5.82 Å². The fourth-order valence-corrected chi connectivity index (χ4v) is 3.65. The van der Waals surface area contributed by atoms with Gasteiger partial charge in [-0.3, -0.25) is 0 Å². The van der Waals surface area contributed by atoms with Crippen molar-refractivity contribution >= 4 is 30.2 Å². The second-order valence-electron chi connectivity index (χ2n) is 7.03. The molecule has 1 aromatic rings. The summed E-state index contributed by atoms with van der Waals surface area (Å²) in [6.07, 6.45) is 0. The van der Waals surface area contributed by atoms with E-state index in [1.165, 1.54) is 11.5 Å². The molecule has 0 spiro atoms. The van der Waals surface area contributed by atoms with Crippen LogP contribution >= 0.6 is 11.8 Å². The van der Waals surface area contributed by atoms with Crippen LogP contribution in [0.4, 0.5) is 5.82 Å². The summed E-state index contributed by atoms with van der Waals surface area (Å²) in [4.78, 5) is 7.15. The lowest BCUT2D eigenvalue weighted by Crippen LogP contribution is -2.41. The van der Waals surface area contributed by atoms with Gasteiger partial charge in [0, 0.05) is 35.8 Å². The molecule has 0 bridgehead atoms. The van der Waals surface area contributed by atoms with Gasteiger partial charge in [-0.15, -0.1) is 0 Å². The number of aryl methyl sites for hydroxylation is 1. The third kappa shape index (κ3) is 2.88. The highest BCUT2D eigenvalue weighted by Gasteiger charge is 2.52. The smallest absolute Gasteiger partial charge is 0.399 e. The maximum Gasteiger partial charge on any atom is 0.496 e. The molecule has 0 saturated carbocycles. The molecule has 120 valence electrons. The van der Waals surface area contributed by atoms with E-state index in [1.807, 2.05) is 18.7 Å². The first-order chi connectivity index (χ1) is 10.3. The molecule has 2 aliphatic heterocycles. The number of hydrogen-bond acceptors (Lipinski definition) is 5. The standard InChI is InChI=1S/C16H25BN2O2S/c1-12-13(17-20-15(2,3)16(4,5)21-17)6-7-14(18-12)19-8-10-22-11-9-19/h6-7H,8-11H2,1-5H3. The zero-order valence-corrected chi connectivity index (χ0v) is 15.0. The van der Waals surface area contributed by atoms with E-state index in [2.05, 4.69) is 44.7 Å². The van der Waals surface area contributed by atoms with E-state index in [0.29, 0.717) is 0 Å². The Labute approximate surface area is 138 Å². The Kier molecular flexibility index (Phi) is 4.21. The van der Waals surface area contributed by atoms with Crippen molar-refractivity contribution in [1.82, 2.24) is 4.98 Å². The quantitative estimate of drug-likeness (QED) is 0.781. The van der Waals surface area contributed by atoms with Gasteiger partial charge in [-0.25, -0.2) is 4.98 Å². The van der Waals surface area contributed by atoms with E-state index in [1.54, 1.807) is 0 Å². The van der Waals surface area contributed by atoms with Gasteiger partial charge in [-0.1, -0.05) is 6.07 Å². The zero-order valence-electron chi connectivity index (χ0n) is 14.2. The first-order valence-corrected chi connectivity index (χ1v) is 9.11. The summed E-state index contributed by atoms with van der Waals surface area (Å²) < 4.78 is 12.3. The summed E-state index contributed by atoms with van der Waals surface area (Å²) in [5.41, 5.74) is 1.41. The van der Waals surface area contributed by atoms with Crippen molar-refractivity contribution in [2.45, 2.75) is 45.8 Å². The average Bonchev–Trinajstić information content (AvgIpc) is 2.68. The van der Waals surface area contributed by atoms with Crippen LogP contribution in [0.15, 0.2) is 12.1 Å². The lowest BCUT2D eigenvalue weighted by atomic mass is 9.78. The molecule has 22 heavy (non-hydrogen) atoms. The molecule has 0 N–H and O–H groups in total. The topological polar surface area (TPSA) is 34.6 Å². The van der Waals surface area contributed by atoms with Crippen LogP contribution < -0.4 is 10.4 Å². The van der Waals surface area contributed by atoms with Crippen molar-refractivity contribution < 1.29 is 9.31 Å². The molecule has 0 amide bonds. The van der Waals surface area contributed by atoms with Gasteiger partial charge >= 0.3 is 7.12 Å². The van der Waals surface area contributed by atoms with Gasteiger partial charge in [0.25, 0.3) is 0 Å². The number of rotatable bonds is 2. The van der Waals surface area contributed by atoms with Gasteiger partial charge in [0.05, 0.1) is 11.2 Å². The summed E-state index contributed by atoms with van der Waals surface area (Å²) in [6.45, 7) is 12.5. The van der Waals surface area contributed by atoms with E-state index in [-0.39, 0.29) is 18.3 Å². The summed E-state index contributed by atoms with van der Waals surface area (Å²) in [5, 5.41) is 0.